The summed E-state index contributed by atoms with van der Waals surface area (Å²) in [6.45, 7) is 9.54. The molecule has 10 nitrogen and oxygen atoms in total. The van der Waals surface area contributed by atoms with Crippen LogP contribution in [-0.4, -0.2) is 91.1 Å². The average Bonchev–Trinajstić information content (AvgIpc) is 3.05. The van der Waals surface area contributed by atoms with Gasteiger partial charge >= 0.3 is 6.09 Å². The number of methoxy groups -OCH3 is 1. The van der Waals surface area contributed by atoms with Gasteiger partial charge in [-0.05, 0) is 89.4 Å². The van der Waals surface area contributed by atoms with Crippen molar-refractivity contribution in [1.82, 2.24) is 20.9 Å². The van der Waals surface area contributed by atoms with E-state index >= 15 is 0 Å². The lowest BCUT2D eigenvalue weighted by Crippen LogP contribution is -2.60. The number of aliphatic hydroxyl groups excluding tert-OH is 1. The van der Waals surface area contributed by atoms with Crippen molar-refractivity contribution in [2.24, 2.45) is 29.6 Å². The van der Waals surface area contributed by atoms with Crippen LogP contribution in [0.2, 0.25) is 0 Å². The van der Waals surface area contributed by atoms with Crippen molar-refractivity contribution >= 4 is 17.9 Å². The molecule has 47 heavy (non-hydrogen) atoms. The zero-order chi connectivity index (χ0) is 34.0. The number of rotatable bonds is 13. The summed E-state index contributed by atoms with van der Waals surface area (Å²) in [7, 11) is 1.75. The Kier molecular flexibility index (Phi) is 14.7. The maximum absolute atomic E-state index is 13.6. The highest BCUT2D eigenvalue weighted by Gasteiger charge is 2.42. The van der Waals surface area contributed by atoms with E-state index in [0.29, 0.717) is 42.9 Å². The highest BCUT2D eigenvalue weighted by atomic mass is 16.5. The van der Waals surface area contributed by atoms with Crippen LogP contribution in [0.1, 0.15) is 124 Å². The average molecular weight is 663 g/mol. The first-order valence-corrected chi connectivity index (χ1v) is 18.9. The van der Waals surface area contributed by atoms with Crippen LogP contribution in [0.3, 0.4) is 0 Å². The Bertz CT molecular complexity index is 990. The molecule has 4 N–H and O–H groups in total. The number of aliphatic hydroxyl groups is 1. The summed E-state index contributed by atoms with van der Waals surface area (Å²) in [4.78, 5) is 41.7. The third-order valence-electron chi connectivity index (χ3n) is 11.4. The van der Waals surface area contributed by atoms with E-state index in [-0.39, 0.29) is 29.9 Å². The Hall–Kier alpha value is -1.91. The summed E-state index contributed by atoms with van der Waals surface area (Å²) in [5.74, 6) is 1.27. The molecule has 0 bridgehead atoms. The van der Waals surface area contributed by atoms with Crippen LogP contribution in [-0.2, 0) is 19.1 Å². The number of piperidine rings is 1. The Morgan fingerprint density at radius 2 is 1.55 bits per heavy atom. The number of β-amino-alcohol motifs (C(OH)–C–C–N with tert-alkyl or cyclic N) is 1. The highest BCUT2D eigenvalue weighted by molar-refractivity contribution is 5.82. The van der Waals surface area contributed by atoms with Crippen LogP contribution >= 0.6 is 0 Å². The lowest BCUT2D eigenvalue weighted by molar-refractivity contribution is -0.133. The number of ether oxygens (including phenoxy) is 2. The van der Waals surface area contributed by atoms with Crippen molar-refractivity contribution in [3.63, 3.8) is 0 Å². The largest absolute Gasteiger partial charge is 0.449 e. The van der Waals surface area contributed by atoms with Crippen molar-refractivity contribution in [2.45, 2.75) is 154 Å². The van der Waals surface area contributed by atoms with Gasteiger partial charge < -0.3 is 30.5 Å². The first-order chi connectivity index (χ1) is 22.4. The Labute approximate surface area is 284 Å². The van der Waals surface area contributed by atoms with Crippen molar-refractivity contribution < 1.29 is 29.0 Å². The third kappa shape index (κ3) is 12.2. The molecule has 0 aromatic carbocycles. The molecule has 10 heteroatoms. The molecule has 3 amide bonds. The van der Waals surface area contributed by atoms with Crippen molar-refractivity contribution in [2.75, 3.05) is 33.4 Å². The number of fused-ring (bicyclic) bond motifs is 1. The second kappa shape index (κ2) is 18.2. The second-order valence-corrected chi connectivity index (χ2v) is 16.4. The molecule has 0 spiro atoms. The molecule has 3 aliphatic carbocycles. The Morgan fingerprint density at radius 3 is 2.21 bits per heavy atom. The van der Waals surface area contributed by atoms with Gasteiger partial charge in [0.1, 0.15) is 0 Å². The molecule has 4 rings (SSSR count). The molecule has 1 heterocycles. The Balaban J connectivity index is 1.34. The van der Waals surface area contributed by atoms with Gasteiger partial charge in [-0.25, -0.2) is 4.79 Å². The summed E-state index contributed by atoms with van der Waals surface area (Å²) >= 11 is 0. The second-order valence-electron chi connectivity index (χ2n) is 16.4. The summed E-state index contributed by atoms with van der Waals surface area (Å²) in [6, 6.07) is -0.698. The number of alkyl carbamates (subject to hydrolysis) is 1. The number of nitrogens with zero attached hydrogens (tertiary/aromatic N) is 1. The predicted octanol–water partition coefficient (Wildman–Crippen LogP) is 5.17. The van der Waals surface area contributed by atoms with Crippen molar-refractivity contribution in [3.8, 4) is 0 Å². The van der Waals surface area contributed by atoms with E-state index < -0.39 is 24.2 Å². The van der Waals surface area contributed by atoms with Crippen LogP contribution in [0.4, 0.5) is 4.79 Å². The van der Waals surface area contributed by atoms with E-state index in [1.54, 1.807) is 14.0 Å². The van der Waals surface area contributed by atoms with Crippen LogP contribution < -0.4 is 16.0 Å². The third-order valence-corrected chi connectivity index (χ3v) is 11.4. The zero-order valence-electron chi connectivity index (χ0n) is 30.1. The lowest BCUT2D eigenvalue weighted by atomic mass is 9.72. The summed E-state index contributed by atoms with van der Waals surface area (Å²) < 4.78 is 10.9. The quantitative estimate of drug-likeness (QED) is 0.214. The molecular formula is C37H66N4O6. The molecule has 6 atom stereocenters. The van der Waals surface area contributed by atoms with E-state index in [2.05, 4.69) is 20.9 Å². The number of likely N-dealkylation sites (tertiary alicyclic amines) is 1. The SMILES string of the molecule is COC1CCC(COC(=O)NC[C@@H](C)C(=O)N[C@@H](CC2CCCCC2)[C@H](O)CN2C[C@H]3CCCC[C@H]3C[C@H]2C(=O)NC(C)(C)C)CC1. The van der Waals surface area contributed by atoms with Crippen LogP contribution in [0.5, 0.6) is 0 Å². The van der Waals surface area contributed by atoms with Crippen LogP contribution in [0.25, 0.3) is 0 Å². The maximum Gasteiger partial charge on any atom is 0.407 e. The first-order valence-electron chi connectivity index (χ1n) is 18.9. The molecular weight excluding hydrogens is 596 g/mol. The maximum atomic E-state index is 13.6. The molecule has 270 valence electrons. The number of hydrogen-bond acceptors (Lipinski definition) is 7. The van der Waals surface area contributed by atoms with Crippen LogP contribution in [0, 0.1) is 29.6 Å². The topological polar surface area (TPSA) is 129 Å². The minimum absolute atomic E-state index is 0.0378. The van der Waals surface area contributed by atoms with Gasteiger partial charge in [0.15, 0.2) is 0 Å². The molecule has 1 saturated heterocycles. The lowest BCUT2D eigenvalue weighted by Gasteiger charge is -2.47. The number of hydrogen-bond donors (Lipinski definition) is 4. The van der Waals surface area contributed by atoms with Gasteiger partial charge in [0, 0.05) is 32.3 Å². The molecule has 0 aromatic rings. The summed E-state index contributed by atoms with van der Waals surface area (Å²) in [5, 5.41) is 21.0. The first kappa shape index (κ1) is 37.9. The fourth-order valence-electron chi connectivity index (χ4n) is 8.52. The van der Waals surface area contributed by atoms with Crippen molar-refractivity contribution in [3.05, 3.63) is 0 Å². The molecule has 4 fully saturated rings. The molecule has 0 radical (unpaired) electrons. The summed E-state index contributed by atoms with van der Waals surface area (Å²) in [5.41, 5.74) is -0.331. The standard InChI is InChI=1S/C37H66N4O6/c1-25(21-38-36(45)47-24-27-15-17-30(46-5)18-16-27)34(43)39-31(19-26-11-7-6-8-12-26)33(42)23-41-22-29-14-10-9-13-28(29)20-32(41)35(44)40-37(2,3)4/h25-33,42H,6-24H2,1-5H3,(H,38,45)(H,39,43)(H,40,44)/t25-,27?,28+,29-,30?,31+,32+,33-/m1/s1. The molecule has 0 aromatic heterocycles. The minimum Gasteiger partial charge on any atom is -0.449 e. The van der Waals surface area contributed by atoms with Crippen LogP contribution in [0.15, 0.2) is 0 Å². The predicted molar refractivity (Wildman–Crippen MR) is 184 cm³/mol. The van der Waals surface area contributed by atoms with E-state index in [4.69, 9.17) is 9.47 Å². The molecule has 4 aliphatic rings. The smallest absolute Gasteiger partial charge is 0.407 e. The number of carbonyl (C=O) groups excluding carboxylic acids is 3. The fraction of sp³-hybridized carbons (Fsp3) is 0.919. The number of amides is 3. The normalized spacial score (nSPS) is 29.5. The van der Waals surface area contributed by atoms with Gasteiger partial charge in [-0.1, -0.05) is 58.3 Å². The van der Waals surface area contributed by atoms with Crippen molar-refractivity contribution in [1.29, 1.82) is 0 Å². The molecule has 0 unspecified atom stereocenters. The van der Waals surface area contributed by atoms with E-state index in [0.717, 1.165) is 57.9 Å². The fourth-order valence-corrected chi connectivity index (χ4v) is 8.52. The van der Waals surface area contributed by atoms with E-state index in [9.17, 15) is 19.5 Å². The van der Waals surface area contributed by atoms with Gasteiger partial charge in [0.05, 0.1) is 36.8 Å². The van der Waals surface area contributed by atoms with Gasteiger partial charge in [0.25, 0.3) is 0 Å². The number of carbonyl (C=O) groups is 3. The van der Waals surface area contributed by atoms with Gasteiger partial charge in [-0.3, -0.25) is 14.5 Å². The van der Waals surface area contributed by atoms with Gasteiger partial charge in [-0.2, -0.15) is 0 Å². The molecule has 3 saturated carbocycles. The van der Waals surface area contributed by atoms with E-state index in [1.807, 2.05) is 20.8 Å². The minimum atomic E-state index is -0.802. The van der Waals surface area contributed by atoms with E-state index in [1.165, 1.54) is 44.9 Å². The number of nitrogens with one attached hydrogen (secondary N) is 3. The molecule has 1 aliphatic heterocycles. The zero-order valence-corrected chi connectivity index (χ0v) is 30.1. The van der Waals surface area contributed by atoms with Gasteiger partial charge in [-0.15, -0.1) is 0 Å². The Morgan fingerprint density at radius 1 is 0.894 bits per heavy atom. The highest BCUT2D eigenvalue weighted by Crippen LogP contribution is 2.39. The summed E-state index contributed by atoms with van der Waals surface area (Å²) in [6.07, 6.45) is 15.1. The monoisotopic (exact) mass is 662 g/mol. The van der Waals surface area contributed by atoms with Gasteiger partial charge in [0.2, 0.25) is 11.8 Å².